The van der Waals surface area contributed by atoms with Crippen LogP contribution >= 0.6 is 0 Å². The number of nitrogen functional groups attached to an aromatic ring is 1. The second kappa shape index (κ2) is 15.3. The number of aryl methyl sites for hydroxylation is 1. The number of nitrogens with two attached hydrogens (primary N) is 1. The van der Waals surface area contributed by atoms with Crippen molar-refractivity contribution < 1.29 is 27.5 Å². The molecule has 0 atom stereocenters. The lowest BCUT2D eigenvalue weighted by Crippen LogP contribution is -2.51. The van der Waals surface area contributed by atoms with Crippen molar-refractivity contribution >= 4 is 38.9 Å². The van der Waals surface area contributed by atoms with E-state index < -0.39 is 15.7 Å². The van der Waals surface area contributed by atoms with E-state index in [0.29, 0.717) is 62.7 Å². The molecule has 0 aliphatic carbocycles. The smallest absolute Gasteiger partial charge is 0.327 e. The van der Waals surface area contributed by atoms with Gasteiger partial charge in [-0.3, -0.25) is 19.1 Å². The highest BCUT2D eigenvalue weighted by atomic mass is 32.2. The standard InChI is InChI=1S/C29H42N8O7S/c1-4-6-18-43-28-32-26(30)25-27(33-28)37(29(40)31-25)13-7-12-35(19-21-8-10-22(11-9-21)44-24(39)5-2)23(38)20-34-14-16-36(17-15-34)45(3,41)42/h8-11H,4-7,12-20H2,1-3H3,(H,31,40)(H2,30,32,33). The van der Waals surface area contributed by atoms with Gasteiger partial charge >= 0.3 is 17.7 Å². The molecule has 45 heavy (non-hydrogen) atoms. The highest BCUT2D eigenvalue weighted by Gasteiger charge is 2.26. The van der Waals surface area contributed by atoms with Gasteiger partial charge in [0, 0.05) is 52.2 Å². The van der Waals surface area contributed by atoms with Gasteiger partial charge in [0.2, 0.25) is 15.9 Å². The summed E-state index contributed by atoms with van der Waals surface area (Å²) in [4.78, 5) is 53.0. The Labute approximate surface area is 262 Å². The number of anilines is 1. The Bertz CT molecular complexity index is 1630. The number of rotatable bonds is 15. The summed E-state index contributed by atoms with van der Waals surface area (Å²) in [6.45, 7) is 6.71. The molecule has 1 aliphatic heterocycles. The maximum absolute atomic E-state index is 13.6. The van der Waals surface area contributed by atoms with E-state index in [1.54, 1.807) is 36.1 Å². The van der Waals surface area contributed by atoms with Gasteiger partial charge in [-0.1, -0.05) is 32.4 Å². The second-order valence-electron chi connectivity index (χ2n) is 11.0. The summed E-state index contributed by atoms with van der Waals surface area (Å²) in [5.74, 6) is 0.0666. The number of sulfonamides is 1. The molecule has 0 saturated carbocycles. The Morgan fingerprint density at radius 1 is 1.07 bits per heavy atom. The van der Waals surface area contributed by atoms with Crippen molar-refractivity contribution in [1.29, 1.82) is 0 Å². The summed E-state index contributed by atoms with van der Waals surface area (Å²) < 4.78 is 37.6. The summed E-state index contributed by atoms with van der Waals surface area (Å²) in [6, 6.07) is 7.07. The van der Waals surface area contributed by atoms with E-state index in [-0.39, 0.29) is 49.8 Å². The number of hydrogen-bond donors (Lipinski definition) is 2. The van der Waals surface area contributed by atoms with Crippen molar-refractivity contribution in [2.45, 2.75) is 52.6 Å². The van der Waals surface area contributed by atoms with Crippen molar-refractivity contribution in [3.8, 4) is 11.8 Å². The fourth-order valence-corrected chi connectivity index (χ4v) is 5.75. The fourth-order valence-electron chi connectivity index (χ4n) is 4.92. The Morgan fingerprint density at radius 3 is 2.42 bits per heavy atom. The van der Waals surface area contributed by atoms with Gasteiger partial charge in [-0.2, -0.15) is 14.3 Å². The Balaban J connectivity index is 1.47. The molecule has 3 heterocycles. The number of nitrogens with zero attached hydrogens (tertiary/aromatic N) is 6. The average molecular weight is 647 g/mol. The fraction of sp³-hybridized carbons (Fsp3) is 0.552. The van der Waals surface area contributed by atoms with Gasteiger partial charge in [0.1, 0.15) is 11.3 Å². The Kier molecular flexibility index (Phi) is 11.5. The summed E-state index contributed by atoms with van der Waals surface area (Å²) in [5, 5.41) is 0. The lowest BCUT2D eigenvalue weighted by molar-refractivity contribution is -0.134. The minimum atomic E-state index is -3.29. The van der Waals surface area contributed by atoms with E-state index in [1.807, 2.05) is 11.8 Å². The molecule has 4 rings (SSSR count). The van der Waals surface area contributed by atoms with Crippen LogP contribution in [-0.2, 0) is 32.7 Å². The van der Waals surface area contributed by atoms with Gasteiger partial charge in [0.15, 0.2) is 11.5 Å². The molecular weight excluding hydrogens is 604 g/mol. The predicted molar refractivity (Wildman–Crippen MR) is 168 cm³/mol. The van der Waals surface area contributed by atoms with E-state index in [9.17, 15) is 22.8 Å². The molecule has 1 aromatic carbocycles. The molecule has 1 aliphatic rings. The van der Waals surface area contributed by atoms with Crippen LogP contribution < -0.4 is 20.9 Å². The van der Waals surface area contributed by atoms with Gasteiger partial charge < -0.3 is 25.1 Å². The van der Waals surface area contributed by atoms with Crippen LogP contribution in [0.1, 0.15) is 45.1 Å². The zero-order chi connectivity index (χ0) is 32.6. The maximum atomic E-state index is 13.6. The van der Waals surface area contributed by atoms with E-state index >= 15 is 0 Å². The third-order valence-corrected chi connectivity index (χ3v) is 8.80. The van der Waals surface area contributed by atoms with Crippen LogP contribution in [0.25, 0.3) is 11.2 Å². The van der Waals surface area contributed by atoms with Gasteiger partial charge in [-0.05, 0) is 30.5 Å². The van der Waals surface area contributed by atoms with Crippen molar-refractivity contribution in [3.05, 3.63) is 40.3 Å². The maximum Gasteiger partial charge on any atom is 0.327 e. The normalized spacial score (nSPS) is 14.5. The number of nitrogens with one attached hydrogen (secondary N) is 1. The number of hydrogen-bond acceptors (Lipinski definition) is 11. The highest BCUT2D eigenvalue weighted by molar-refractivity contribution is 7.88. The van der Waals surface area contributed by atoms with Crippen LogP contribution in [0.2, 0.25) is 0 Å². The lowest BCUT2D eigenvalue weighted by Gasteiger charge is -2.34. The molecule has 3 aromatic rings. The molecule has 0 radical (unpaired) electrons. The zero-order valence-corrected chi connectivity index (χ0v) is 26.8. The van der Waals surface area contributed by atoms with Crippen LogP contribution in [0, 0.1) is 0 Å². The third-order valence-electron chi connectivity index (χ3n) is 7.50. The monoisotopic (exact) mass is 646 g/mol. The number of carbonyl (C=O) groups excluding carboxylic acids is 2. The summed E-state index contributed by atoms with van der Waals surface area (Å²) in [5.41, 5.74) is 7.17. The summed E-state index contributed by atoms with van der Waals surface area (Å²) in [6.07, 6.45) is 3.64. The third kappa shape index (κ3) is 9.25. The number of imidazole rings is 1. The SMILES string of the molecule is CCCCOc1nc(N)c2[nH]c(=O)n(CCCN(Cc3ccc(OC(=O)CC)cc3)C(=O)CN3CCN(S(C)(=O)=O)CC3)c2n1. The number of unbranched alkanes of at least 4 members (excludes halogenated alkanes) is 1. The number of benzene rings is 1. The minimum absolute atomic E-state index is 0.0991. The molecule has 0 spiro atoms. The number of esters is 1. The molecule has 0 bridgehead atoms. The molecule has 1 amide bonds. The quantitative estimate of drug-likeness (QED) is 0.137. The van der Waals surface area contributed by atoms with Gasteiger partial charge in [0.25, 0.3) is 0 Å². The molecule has 1 fully saturated rings. The second-order valence-corrected chi connectivity index (χ2v) is 12.9. The van der Waals surface area contributed by atoms with Crippen LogP contribution in [0.15, 0.2) is 29.1 Å². The minimum Gasteiger partial charge on any atom is -0.463 e. The topological polar surface area (TPSA) is 186 Å². The van der Waals surface area contributed by atoms with E-state index in [0.717, 1.165) is 18.4 Å². The number of fused-ring (bicyclic) bond motifs is 1. The average Bonchev–Trinajstić information content (AvgIpc) is 3.32. The first kappa shape index (κ1) is 33.9. The lowest BCUT2D eigenvalue weighted by atomic mass is 10.2. The summed E-state index contributed by atoms with van der Waals surface area (Å²) in [7, 11) is -3.29. The van der Waals surface area contributed by atoms with Gasteiger partial charge in [-0.15, -0.1) is 0 Å². The first-order valence-electron chi connectivity index (χ1n) is 15.1. The first-order valence-corrected chi connectivity index (χ1v) is 17.0. The predicted octanol–water partition coefficient (Wildman–Crippen LogP) is 1.19. The van der Waals surface area contributed by atoms with E-state index in [1.165, 1.54) is 15.1 Å². The summed E-state index contributed by atoms with van der Waals surface area (Å²) >= 11 is 0. The van der Waals surface area contributed by atoms with E-state index in [2.05, 4.69) is 15.0 Å². The van der Waals surface area contributed by atoms with Crippen LogP contribution in [0.3, 0.4) is 0 Å². The largest absolute Gasteiger partial charge is 0.463 e. The number of carbonyl (C=O) groups is 2. The molecule has 0 unspecified atom stereocenters. The molecule has 15 nitrogen and oxygen atoms in total. The number of aromatic amines is 1. The first-order chi connectivity index (χ1) is 21.5. The van der Waals surface area contributed by atoms with Crippen molar-refractivity contribution in [2.75, 3.05) is 57.9 Å². The Morgan fingerprint density at radius 2 is 1.78 bits per heavy atom. The molecule has 246 valence electrons. The number of aromatic nitrogens is 4. The molecule has 3 N–H and O–H groups in total. The van der Waals surface area contributed by atoms with Crippen LogP contribution in [0.5, 0.6) is 11.8 Å². The van der Waals surface area contributed by atoms with E-state index in [4.69, 9.17) is 15.2 Å². The number of H-pyrrole nitrogens is 1. The van der Waals surface area contributed by atoms with Crippen LogP contribution in [0.4, 0.5) is 5.82 Å². The number of piperazine rings is 1. The number of ether oxygens (including phenoxy) is 2. The van der Waals surface area contributed by atoms with Gasteiger partial charge in [-0.25, -0.2) is 13.2 Å². The zero-order valence-electron chi connectivity index (χ0n) is 26.0. The molecule has 2 aromatic heterocycles. The van der Waals surface area contributed by atoms with Gasteiger partial charge in [0.05, 0.1) is 19.4 Å². The van der Waals surface area contributed by atoms with Crippen molar-refractivity contribution in [1.82, 2.24) is 33.6 Å². The number of amides is 1. The Hall–Kier alpha value is -4.02. The molecule has 1 saturated heterocycles. The van der Waals surface area contributed by atoms with Crippen LogP contribution in [-0.4, -0.2) is 106 Å². The molecule has 16 heteroatoms. The van der Waals surface area contributed by atoms with Crippen molar-refractivity contribution in [2.24, 2.45) is 0 Å². The molecular formula is C29H42N8O7S. The highest BCUT2D eigenvalue weighted by Crippen LogP contribution is 2.19. The van der Waals surface area contributed by atoms with Crippen molar-refractivity contribution in [3.63, 3.8) is 0 Å².